The van der Waals surface area contributed by atoms with Crippen LogP contribution in [0, 0.1) is 5.41 Å². The van der Waals surface area contributed by atoms with Crippen LogP contribution in [-0.4, -0.2) is 47.0 Å². The van der Waals surface area contributed by atoms with Crippen LogP contribution in [-0.2, 0) is 4.74 Å². The third-order valence-electron chi connectivity index (χ3n) is 5.79. The number of nitrogens with two attached hydrogens (primary N) is 1. The zero-order valence-electron chi connectivity index (χ0n) is 18.8. The maximum Gasteiger partial charge on any atom is 0.180 e. The Morgan fingerprint density at radius 1 is 1.26 bits per heavy atom. The van der Waals surface area contributed by atoms with Gasteiger partial charge in [-0.3, -0.25) is 0 Å². The molecular formula is C25H26N6O3. The second-order valence-electron chi connectivity index (χ2n) is 8.06. The minimum Gasteiger partial charge on any atom is -0.493 e. The summed E-state index contributed by atoms with van der Waals surface area (Å²) in [6.07, 6.45) is 8.94. The number of methoxy groups -OCH3 is 1. The van der Waals surface area contributed by atoms with Gasteiger partial charge < -0.3 is 35.1 Å². The summed E-state index contributed by atoms with van der Waals surface area (Å²) in [4.78, 5) is 9.25. The Hall–Kier alpha value is -4.11. The number of imidazole rings is 1. The van der Waals surface area contributed by atoms with Crippen molar-refractivity contribution in [2.45, 2.75) is 18.9 Å². The second-order valence-corrected chi connectivity index (χ2v) is 8.06. The molecule has 1 unspecified atom stereocenters. The van der Waals surface area contributed by atoms with Crippen LogP contribution in [0.25, 0.3) is 16.9 Å². The van der Waals surface area contributed by atoms with E-state index in [9.17, 15) is 0 Å². The van der Waals surface area contributed by atoms with Crippen molar-refractivity contribution in [3.05, 3.63) is 60.6 Å². The monoisotopic (exact) mass is 458 g/mol. The van der Waals surface area contributed by atoms with E-state index in [0.717, 1.165) is 36.4 Å². The normalized spacial score (nSPS) is 15.4. The summed E-state index contributed by atoms with van der Waals surface area (Å²) >= 11 is 0. The van der Waals surface area contributed by atoms with Crippen LogP contribution in [0.1, 0.15) is 18.4 Å². The highest BCUT2D eigenvalue weighted by molar-refractivity contribution is 5.87. The number of rotatable bonds is 8. The molecule has 3 heterocycles. The van der Waals surface area contributed by atoms with Crippen LogP contribution < -0.4 is 20.5 Å². The Morgan fingerprint density at radius 2 is 2.18 bits per heavy atom. The average Bonchev–Trinajstić information content (AvgIpc) is 3.55. The molecule has 5 rings (SSSR count). The number of hydrogen-bond acceptors (Lipinski definition) is 8. The maximum atomic E-state index is 7.46. The van der Waals surface area contributed by atoms with E-state index >= 15 is 0 Å². The fourth-order valence-corrected chi connectivity index (χ4v) is 3.98. The first-order valence-corrected chi connectivity index (χ1v) is 11.1. The van der Waals surface area contributed by atoms with Crippen molar-refractivity contribution < 1.29 is 14.2 Å². The van der Waals surface area contributed by atoms with Crippen LogP contribution in [0.2, 0.25) is 0 Å². The van der Waals surface area contributed by atoms with Crippen LogP contribution in [0.3, 0.4) is 0 Å². The van der Waals surface area contributed by atoms with Gasteiger partial charge in [-0.1, -0.05) is 12.1 Å². The van der Waals surface area contributed by atoms with Gasteiger partial charge >= 0.3 is 0 Å². The van der Waals surface area contributed by atoms with E-state index in [1.807, 2.05) is 53.2 Å². The topological polar surface area (TPSA) is 120 Å². The van der Waals surface area contributed by atoms with Crippen LogP contribution in [0.4, 0.5) is 17.2 Å². The molecule has 34 heavy (non-hydrogen) atoms. The van der Waals surface area contributed by atoms with Crippen molar-refractivity contribution >= 4 is 29.1 Å². The van der Waals surface area contributed by atoms with E-state index in [1.165, 1.54) is 6.21 Å². The Morgan fingerprint density at radius 3 is 2.94 bits per heavy atom. The van der Waals surface area contributed by atoms with Gasteiger partial charge in [0.05, 0.1) is 18.9 Å². The third kappa shape index (κ3) is 4.38. The number of anilines is 3. The standard InChI is InChI=1S/C25H26N6O3/c1-32-23-12-18(6-7-22(23)34-15-19-3-2-10-33-19)29-24-25-28-8-9-31(25)14-21(30-24)16-4-5-17(13-26)20(27)11-16/h4-9,11-14,19,26H,2-3,10,15,27H2,1H3,(H,29,30). The minimum absolute atomic E-state index is 0.130. The molecule has 4 N–H and O–H groups in total. The molecule has 1 fully saturated rings. The number of nitrogens with zero attached hydrogens (tertiary/aromatic N) is 3. The second kappa shape index (κ2) is 9.40. The predicted octanol–water partition coefficient (Wildman–Crippen LogP) is 4.29. The fraction of sp³-hybridized carbons (Fsp3) is 0.240. The van der Waals surface area contributed by atoms with Gasteiger partial charge in [0.15, 0.2) is 23.0 Å². The average molecular weight is 459 g/mol. The molecule has 0 radical (unpaired) electrons. The van der Waals surface area contributed by atoms with E-state index in [-0.39, 0.29) is 6.10 Å². The van der Waals surface area contributed by atoms with Crippen LogP contribution in [0.5, 0.6) is 11.5 Å². The number of fused-ring (bicyclic) bond motifs is 1. The van der Waals surface area contributed by atoms with Crippen molar-refractivity contribution in [1.82, 2.24) is 14.4 Å². The molecule has 174 valence electrons. The summed E-state index contributed by atoms with van der Waals surface area (Å²) in [7, 11) is 1.62. The van der Waals surface area contributed by atoms with Gasteiger partial charge in [0.2, 0.25) is 0 Å². The largest absolute Gasteiger partial charge is 0.493 e. The van der Waals surface area contributed by atoms with Crippen molar-refractivity contribution in [2.24, 2.45) is 0 Å². The predicted molar refractivity (Wildman–Crippen MR) is 131 cm³/mol. The lowest BCUT2D eigenvalue weighted by Gasteiger charge is -2.16. The van der Waals surface area contributed by atoms with E-state index in [1.54, 1.807) is 13.3 Å². The summed E-state index contributed by atoms with van der Waals surface area (Å²) in [5.74, 6) is 1.87. The number of hydrogen-bond donors (Lipinski definition) is 3. The molecule has 0 saturated carbocycles. The van der Waals surface area contributed by atoms with Gasteiger partial charge in [-0.15, -0.1) is 0 Å². The Kier molecular flexibility index (Phi) is 6.01. The molecule has 1 aliphatic heterocycles. The third-order valence-corrected chi connectivity index (χ3v) is 5.79. The molecule has 1 aliphatic rings. The van der Waals surface area contributed by atoms with Crippen LogP contribution >= 0.6 is 0 Å². The first-order valence-electron chi connectivity index (χ1n) is 11.1. The first-order chi connectivity index (χ1) is 16.6. The summed E-state index contributed by atoms with van der Waals surface area (Å²) in [5, 5.41) is 10.8. The summed E-state index contributed by atoms with van der Waals surface area (Å²) in [6, 6.07) is 11.2. The van der Waals surface area contributed by atoms with Crippen molar-refractivity contribution in [2.75, 3.05) is 31.4 Å². The van der Waals surface area contributed by atoms with Gasteiger partial charge in [0, 0.05) is 60.0 Å². The number of aromatic nitrogens is 3. The molecular weight excluding hydrogens is 432 g/mol. The fourth-order valence-electron chi connectivity index (χ4n) is 3.98. The summed E-state index contributed by atoms with van der Waals surface area (Å²) in [5.41, 5.74) is 10.3. The minimum atomic E-state index is 0.130. The smallest absolute Gasteiger partial charge is 0.180 e. The van der Waals surface area contributed by atoms with Crippen molar-refractivity contribution in [3.8, 4) is 22.8 Å². The Balaban J connectivity index is 1.43. The quantitative estimate of drug-likeness (QED) is 0.266. The van der Waals surface area contributed by atoms with Gasteiger partial charge in [0.25, 0.3) is 0 Å². The van der Waals surface area contributed by atoms with Gasteiger partial charge in [0.1, 0.15) is 6.61 Å². The highest BCUT2D eigenvalue weighted by Crippen LogP contribution is 2.33. The first kappa shape index (κ1) is 21.7. The Labute approximate surface area is 197 Å². The molecule has 0 amide bonds. The van der Waals surface area contributed by atoms with Gasteiger partial charge in [-0.2, -0.15) is 0 Å². The molecule has 0 aliphatic carbocycles. The zero-order valence-corrected chi connectivity index (χ0v) is 18.8. The number of benzene rings is 2. The van der Waals surface area contributed by atoms with E-state index in [4.69, 9.17) is 30.3 Å². The van der Waals surface area contributed by atoms with Crippen LogP contribution in [0.15, 0.2) is 55.0 Å². The molecule has 4 aromatic rings. The zero-order chi connectivity index (χ0) is 23.5. The van der Waals surface area contributed by atoms with E-state index < -0.39 is 0 Å². The molecule has 2 aromatic carbocycles. The maximum absolute atomic E-state index is 7.46. The molecule has 9 heteroatoms. The highest BCUT2D eigenvalue weighted by Gasteiger charge is 2.18. The molecule has 1 atom stereocenters. The molecule has 0 spiro atoms. The van der Waals surface area contributed by atoms with E-state index in [0.29, 0.717) is 40.8 Å². The highest BCUT2D eigenvalue weighted by atomic mass is 16.5. The SMILES string of the molecule is COc1cc(Nc2nc(-c3ccc(C=N)c(N)c3)cn3ccnc23)ccc1OCC1CCCO1. The van der Waals surface area contributed by atoms with Crippen molar-refractivity contribution in [3.63, 3.8) is 0 Å². The number of nitrogens with one attached hydrogen (secondary N) is 2. The molecule has 2 aromatic heterocycles. The molecule has 1 saturated heterocycles. The van der Waals surface area contributed by atoms with Gasteiger partial charge in [-0.05, 0) is 31.0 Å². The lowest BCUT2D eigenvalue weighted by molar-refractivity contribution is 0.0670. The lowest BCUT2D eigenvalue weighted by atomic mass is 10.1. The van der Waals surface area contributed by atoms with E-state index in [2.05, 4.69) is 10.3 Å². The van der Waals surface area contributed by atoms with Crippen molar-refractivity contribution in [1.29, 1.82) is 5.41 Å². The number of ether oxygens (including phenoxy) is 3. The van der Waals surface area contributed by atoms with Gasteiger partial charge in [-0.25, -0.2) is 9.97 Å². The Bertz CT molecular complexity index is 1330. The number of nitrogen functional groups attached to an aromatic ring is 1. The lowest BCUT2D eigenvalue weighted by Crippen LogP contribution is -2.16. The molecule has 9 nitrogen and oxygen atoms in total. The summed E-state index contributed by atoms with van der Waals surface area (Å²) < 4.78 is 19.0. The molecule has 0 bridgehead atoms. The summed E-state index contributed by atoms with van der Waals surface area (Å²) in [6.45, 7) is 1.29.